The molecule has 1 N–H and O–H groups in total. The van der Waals surface area contributed by atoms with Gasteiger partial charge in [0.05, 0.1) is 17.2 Å². The molecule has 1 heterocycles. The second kappa shape index (κ2) is 6.25. The summed E-state index contributed by atoms with van der Waals surface area (Å²) in [6.45, 7) is 6.74. The van der Waals surface area contributed by atoms with Crippen molar-refractivity contribution >= 4 is 16.8 Å². The molecule has 0 unspecified atom stereocenters. The number of amides is 1. The zero-order chi connectivity index (χ0) is 16.3. The third kappa shape index (κ3) is 4.13. The van der Waals surface area contributed by atoms with E-state index < -0.39 is 5.82 Å². The summed E-state index contributed by atoms with van der Waals surface area (Å²) in [5.41, 5.74) is 0.0731. The Balaban J connectivity index is 2.08. The fraction of sp³-hybridized carbons (Fsp3) is 0.438. The third-order valence-electron chi connectivity index (χ3n) is 3.30. The highest BCUT2D eigenvalue weighted by atomic mass is 19.1. The average molecular weight is 305 g/mol. The molecule has 0 atom stereocenters. The molecule has 0 bridgehead atoms. The lowest BCUT2D eigenvalue weighted by Crippen LogP contribution is -2.34. The summed E-state index contributed by atoms with van der Waals surface area (Å²) in [6, 6.07) is 3.79. The Morgan fingerprint density at radius 1 is 1.36 bits per heavy atom. The van der Waals surface area contributed by atoms with Gasteiger partial charge in [0.15, 0.2) is 0 Å². The number of rotatable bonds is 4. The molecule has 1 aromatic carbocycles. The van der Waals surface area contributed by atoms with Crippen molar-refractivity contribution in [2.24, 2.45) is 5.41 Å². The fourth-order valence-corrected chi connectivity index (χ4v) is 2.03. The van der Waals surface area contributed by atoms with Crippen molar-refractivity contribution < 1.29 is 9.18 Å². The number of nitrogens with one attached hydrogen (secondary N) is 1. The third-order valence-corrected chi connectivity index (χ3v) is 3.30. The topological polar surface area (TPSA) is 64.0 Å². The van der Waals surface area contributed by atoms with Gasteiger partial charge >= 0.3 is 0 Å². The number of nitrogens with zero attached hydrogens (tertiary/aromatic N) is 2. The maximum atomic E-state index is 13.1. The van der Waals surface area contributed by atoms with E-state index in [2.05, 4.69) is 31.1 Å². The molecule has 0 fully saturated rings. The Kier molecular flexibility index (Phi) is 4.59. The van der Waals surface area contributed by atoms with Crippen molar-refractivity contribution in [3.63, 3.8) is 0 Å². The molecule has 0 aliphatic rings. The van der Waals surface area contributed by atoms with E-state index in [0.29, 0.717) is 11.9 Å². The Labute approximate surface area is 128 Å². The van der Waals surface area contributed by atoms with Crippen LogP contribution in [0.5, 0.6) is 0 Å². The lowest BCUT2D eigenvalue weighted by molar-refractivity contribution is -0.121. The van der Waals surface area contributed by atoms with Crippen molar-refractivity contribution in [3.05, 3.63) is 40.7 Å². The maximum Gasteiger partial charge on any atom is 0.261 e. The number of fused-ring (bicyclic) bond motifs is 1. The molecular formula is C16H20FN3O2. The highest BCUT2D eigenvalue weighted by Gasteiger charge is 2.12. The Hall–Kier alpha value is -2.24. The van der Waals surface area contributed by atoms with Gasteiger partial charge in [0.2, 0.25) is 5.91 Å². The van der Waals surface area contributed by atoms with Gasteiger partial charge in [-0.2, -0.15) is 0 Å². The first-order valence-electron chi connectivity index (χ1n) is 7.18. The summed E-state index contributed by atoms with van der Waals surface area (Å²) in [7, 11) is 0. The van der Waals surface area contributed by atoms with Crippen LogP contribution in [-0.4, -0.2) is 22.0 Å². The lowest BCUT2D eigenvalue weighted by Gasteiger charge is -2.18. The van der Waals surface area contributed by atoms with Crippen LogP contribution in [0.2, 0.25) is 0 Å². The smallest absolute Gasteiger partial charge is 0.261 e. The standard InChI is InChI=1S/C16H20FN3O2/c1-16(2,3)6-7-18-14(21)9-20-10-19-13-8-11(17)4-5-12(13)15(20)22/h4-5,8,10H,6-7,9H2,1-3H3,(H,18,21). The molecule has 22 heavy (non-hydrogen) atoms. The van der Waals surface area contributed by atoms with Gasteiger partial charge in [-0.15, -0.1) is 0 Å². The van der Waals surface area contributed by atoms with Crippen molar-refractivity contribution in [2.75, 3.05) is 6.54 Å². The van der Waals surface area contributed by atoms with E-state index in [1.807, 2.05) is 0 Å². The van der Waals surface area contributed by atoms with E-state index in [-0.39, 0.29) is 28.9 Å². The van der Waals surface area contributed by atoms with Crippen LogP contribution in [0.4, 0.5) is 4.39 Å². The van der Waals surface area contributed by atoms with Gasteiger partial charge in [-0.25, -0.2) is 9.37 Å². The highest BCUT2D eigenvalue weighted by Crippen LogP contribution is 2.16. The largest absolute Gasteiger partial charge is 0.355 e. The number of hydrogen-bond donors (Lipinski definition) is 1. The average Bonchev–Trinajstić information content (AvgIpc) is 2.40. The molecule has 2 aromatic rings. The SMILES string of the molecule is CC(C)(C)CCNC(=O)Cn1cnc2cc(F)ccc2c1=O. The van der Waals surface area contributed by atoms with Gasteiger partial charge in [-0.05, 0) is 24.0 Å². The molecule has 6 heteroatoms. The van der Waals surface area contributed by atoms with Crippen molar-refractivity contribution in [3.8, 4) is 0 Å². The summed E-state index contributed by atoms with van der Waals surface area (Å²) < 4.78 is 14.3. The van der Waals surface area contributed by atoms with Gasteiger partial charge in [0, 0.05) is 12.6 Å². The predicted octanol–water partition coefficient (Wildman–Crippen LogP) is 2.09. The van der Waals surface area contributed by atoms with Crippen LogP contribution in [0.1, 0.15) is 27.2 Å². The Bertz CT molecular complexity index is 747. The monoisotopic (exact) mass is 305 g/mol. The van der Waals surface area contributed by atoms with E-state index in [9.17, 15) is 14.0 Å². The Morgan fingerprint density at radius 2 is 2.09 bits per heavy atom. The van der Waals surface area contributed by atoms with Gasteiger partial charge < -0.3 is 5.32 Å². The molecular weight excluding hydrogens is 285 g/mol. The van der Waals surface area contributed by atoms with E-state index in [1.54, 1.807) is 0 Å². The first-order chi connectivity index (χ1) is 10.3. The zero-order valence-corrected chi connectivity index (χ0v) is 13.0. The van der Waals surface area contributed by atoms with Gasteiger partial charge in [0.1, 0.15) is 12.4 Å². The maximum absolute atomic E-state index is 13.1. The molecule has 1 aromatic heterocycles. The minimum Gasteiger partial charge on any atom is -0.355 e. The second-order valence-electron chi connectivity index (χ2n) is 6.50. The fourth-order valence-electron chi connectivity index (χ4n) is 2.03. The van der Waals surface area contributed by atoms with E-state index in [4.69, 9.17) is 0 Å². The minimum atomic E-state index is -0.447. The van der Waals surface area contributed by atoms with Crippen LogP contribution >= 0.6 is 0 Å². The van der Waals surface area contributed by atoms with Crippen LogP contribution < -0.4 is 10.9 Å². The van der Waals surface area contributed by atoms with Gasteiger partial charge in [0.25, 0.3) is 5.56 Å². The molecule has 0 aliphatic carbocycles. The summed E-state index contributed by atoms with van der Waals surface area (Å²) in [4.78, 5) is 28.1. The first kappa shape index (κ1) is 16.1. The zero-order valence-electron chi connectivity index (χ0n) is 13.0. The molecule has 0 spiro atoms. The molecule has 5 nitrogen and oxygen atoms in total. The first-order valence-corrected chi connectivity index (χ1v) is 7.18. The second-order valence-corrected chi connectivity index (χ2v) is 6.50. The summed E-state index contributed by atoms with van der Waals surface area (Å²) >= 11 is 0. The van der Waals surface area contributed by atoms with Crippen LogP contribution in [0.3, 0.4) is 0 Å². The summed E-state index contributed by atoms with van der Waals surface area (Å²) in [6.07, 6.45) is 2.12. The van der Waals surface area contributed by atoms with Gasteiger partial charge in [-0.1, -0.05) is 20.8 Å². The van der Waals surface area contributed by atoms with Crippen molar-refractivity contribution in [1.82, 2.24) is 14.9 Å². The van der Waals surface area contributed by atoms with E-state index in [0.717, 1.165) is 6.42 Å². The summed E-state index contributed by atoms with van der Waals surface area (Å²) in [5, 5.41) is 3.08. The minimum absolute atomic E-state index is 0.0940. The molecule has 118 valence electrons. The highest BCUT2D eigenvalue weighted by molar-refractivity contribution is 5.78. The normalized spacial score (nSPS) is 11.6. The van der Waals surface area contributed by atoms with Crippen molar-refractivity contribution in [1.29, 1.82) is 0 Å². The van der Waals surface area contributed by atoms with E-state index in [1.165, 1.54) is 29.1 Å². The number of hydrogen-bond acceptors (Lipinski definition) is 3. The number of aromatic nitrogens is 2. The number of benzene rings is 1. The molecule has 2 rings (SSSR count). The molecule has 0 radical (unpaired) electrons. The predicted molar refractivity (Wildman–Crippen MR) is 83.0 cm³/mol. The van der Waals surface area contributed by atoms with Crippen LogP contribution in [0.15, 0.2) is 29.3 Å². The molecule has 0 saturated heterocycles. The molecule has 0 aliphatic heterocycles. The van der Waals surface area contributed by atoms with Crippen LogP contribution in [0, 0.1) is 11.2 Å². The number of halogens is 1. The molecule has 0 saturated carbocycles. The lowest BCUT2D eigenvalue weighted by atomic mass is 9.92. The van der Waals surface area contributed by atoms with Crippen LogP contribution in [0.25, 0.3) is 10.9 Å². The van der Waals surface area contributed by atoms with E-state index >= 15 is 0 Å². The Morgan fingerprint density at radius 3 is 2.77 bits per heavy atom. The number of carbonyl (C=O) groups is 1. The molecule has 1 amide bonds. The van der Waals surface area contributed by atoms with Crippen LogP contribution in [-0.2, 0) is 11.3 Å². The van der Waals surface area contributed by atoms with Crippen molar-refractivity contribution in [2.45, 2.75) is 33.7 Å². The quantitative estimate of drug-likeness (QED) is 0.940. The number of carbonyl (C=O) groups excluding carboxylic acids is 1. The van der Waals surface area contributed by atoms with Gasteiger partial charge in [-0.3, -0.25) is 14.2 Å². The summed E-state index contributed by atoms with van der Waals surface area (Å²) in [5.74, 6) is -0.688.